The predicted molar refractivity (Wildman–Crippen MR) is 193 cm³/mol. The number of fused-ring (bicyclic) bond motifs is 2. The van der Waals surface area contributed by atoms with E-state index in [9.17, 15) is 5.26 Å². The molecule has 8 rings (SSSR count). The number of rotatable bonds is 5. The summed E-state index contributed by atoms with van der Waals surface area (Å²) in [6, 6.07) is 53.8. The Morgan fingerprint density at radius 1 is 0.521 bits per heavy atom. The molecule has 0 bridgehead atoms. The fraction of sp³-hybridized carbons (Fsp3) is 0.0682. The molecule has 228 valence electrons. The van der Waals surface area contributed by atoms with E-state index < -0.39 is 0 Å². The molecule has 0 atom stereocenters. The van der Waals surface area contributed by atoms with Gasteiger partial charge in [-0.3, -0.25) is 0 Å². The minimum Gasteiger partial charge on any atom is -0.456 e. The number of hydrogen-bond acceptors (Lipinski definition) is 4. The van der Waals surface area contributed by atoms with Crippen LogP contribution in [0.5, 0.6) is 11.5 Å². The third-order valence-electron chi connectivity index (χ3n) is 9.22. The summed E-state index contributed by atoms with van der Waals surface area (Å²) in [5, 5.41) is 9.54. The molecular formula is C44H31N3O. The molecule has 0 radical (unpaired) electrons. The van der Waals surface area contributed by atoms with Crippen LogP contribution in [0.1, 0.15) is 30.5 Å². The highest BCUT2D eigenvalue weighted by atomic mass is 16.5. The molecule has 48 heavy (non-hydrogen) atoms. The van der Waals surface area contributed by atoms with E-state index in [1.807, 2.05) is 66.7 Å². The largest absolute Gasteiger partial charge is 0.456 e. The lowest BCUT2D eigenvalue weighted by Gasteiger charge is -2.35. The lowest BCUT2D eigenvalue weighted by molar-refractivity contribution is 0.419. The van der Waals surface area contributed by atoms with E-state index >= 15 is 0 Å². The molecule has 0 unspecified atom stereocenters. The average Bonchev–Trinajstić information content (AvgIpc) is 3.15. The number of nitrogens with zero attached hydrogens (tertiary/aromatic N) is 3. The van der Waals surface area contributed by atoms with Crippen molar-refractivity contribution in [3.05, 3.63) is 168 Å². The van der Waals surface area contributed by atoms with Crippen molar-refractivity contribution < 1.29 is 4.74 Å². The normalized spacial score (nSPS) is 12.7. The van der Waals surface area contributed by atoms with Gasteiger partial charge in [-0.25, -0.2) is 9.97 Å². The minimum atomic E-state index is -0.336. The summed E-state index contributed by atoms with van der Waals surface area (Å²) in [6.45, 7) is 4.39. The van der Waals surface area contributed by atoms with Gasteiger partial charge in [-0.15, -0.1) is 0 Å². The Morgan fingerprint density at radius 3 is 1.79 bits per heavy atom. The molecular weight excluding hydrogens is 587 g/mol. The molecule has 0 spiro atoms. The van der Waals surface area contributed by atoms with Gasteiger partial charge in [-0.1, -0.05) is 141 Å². The molecule has 1 aromatic heterocycles. The third kappa shape index (κ3) is 5.12. The van der Waals surface area contributed by atoms with E-state index in [0.717, 1.165) is 73.0 Å². The van der Waals surface area contributed by atoms with Gasteiger partial charge in [0, 0.05) is 38.8 Å². The molecule has 7 aromatic rings. The monoisotopic (exact) mass is 617 g/mol. The van der Waals surface area contributed by atoms with Crippen LogP contribution in [0.15, 0.2) is 152 Å². The molecule has 0 aliphatic carbocycles. The van der Waals surface area contributed by atoms with Gasteiger partial charge in [0.1, 0.15) is 11.5 Å². The Labute approximate surface area is 280 Å². The number of benzene rings is 6. The van der Waals surface area contributed by atoms with Crippen molar-refractivity contribution in [1.82, 2.24) is 9.97 Å². The molecule has 2 heterocycles. The first kappa shape index (κ1) is 29.1. The first-order valence-corrected chi connectivity index (χ1v) is 16.1. The standard InChI is InChI=1S/C44H31N3O/c1-44(2)37-19-11-18-36(42(37)48-41-25-20-29(28-45)26-38(41)44)35-17-10-9-16-34(35)30-21-23-32(24-22-30)40-27-39(31-12-5-3-6-13-31)46-43(47-40)33-14-7-4-8-15-33/h3-27H,1-2H3. The van der Waals surface area contributed by atoms with Crippen molar-refractivity contribution in [3.8, 4) is 73.7 Å². The Balaban J connectivity index is 1.20. The van der Waals surface area contributed by atoms with Crippen molar-refractivity contribution in [2.24, 2.45) is 0 Å². The molecule has 6 aromatic carbocycles. The van der Waals surface area contributed by atoms with Gasteiger partial charge in [0.2, 0.25) is 0 Å². The Morgan fingerprint density at radius 2 is 1.10 bits per heavy atom. The first-order chi connectivity index (χ1) is 23.5. The molecule has 0 saturated carbocycles. The second kappa shape index (κ2) is 11.8. The quantitative estimate of drug-likeness (QED) is 0.193. The number of ether oxygens (including phenoxy) is 1. The topological polar surface area (TPSA) is 58.8 Å². The Bertz CT molecular complexity index is 2280. The fourth-order valence-electron chi connectivity index (χ4n) is 6.64. The summed E-state index contributed by atoms with van der Waals surface area (Å²) in [6.07, 6.45) is 0. The first-order valence-electron chi connectivity index (χ1n) is 16.1. The number of hydrogen-bond donors (Lipinski definition) is 0. The van der Waals surface area contributed by atoms with Crippen molar-refractivity contribution in [2.75, 3.05) is 0 Å². The van der Waals surface area contributed by atoms with Gasteiger partial charge in [0.05, 0.1) is 23.0 Å². The van der Waals surface area contributed by atoms with E-state index in [1.54, 1.807) is 0 Å². The lowest BCUT2D eigenvalue weighted by Crippen LogP contribution is -2.24. The smallest absolute Gasteiger partial charge is 0.160 e. The summed E-state index contributed by atoms with van der Waals surface area (Å²) in [5.74, 6) is 2.34. The SMILES string of the molecule is CC1(C)c2cc(C#N)ccc2Oc2c(-c3ccccc3-c3ccc(-c4cc(-c5ccccc5)nc(-c5ccccc5)n4)cc3)cccc21. The second-order valence-electron chi connectivity index (χ2n) is 12.5. The van der Waals surface area contributed by atoms with Gasteiger partial charge in [0.15, 0.2) is 5.82 Å². The van der Waals surface area contributed by atoms with Crippen molar-refractivity contribution in [3.63, 3.8) is 0 Å². The van der Waals surface area contributed by atoms with Crippen molar-refractivity contribution in [2.45, 2.75) is 19.3 Å². The van der Waals surface area contributed by atoms with Crippen molar-refractivity contribution in [1.29, 1.82) is 5.26 Å². The zero-order valence-electron chi connectivity index (χ0n) is 26.7. The maximum absolute atomic E-state index is 9.54. The van der Waals surface area contributed by atoms with Gasteiger partial charge >= 0.3 is 0 Å². The fourth-order valence-corrected chi connectivity index (χ4v) is 6.64. The van der Waals surface area contributed by atoms with Gasteiger partial charge < -0.3 is 4.74 Å². The van der Waals surface area contributed by atoms with Crippen LogP contribution in [0.25, 0.3) is 56.2 Å². The summed E-state index contributed by atoms with van der Waals surface area (Å²) in [7, 11) is 0. The van der Waals surface area contributed by atoms with E-state index in [4.69, 9.17) is 14.7 Å². The van der Waals surface area contributed by atoms with E-state index in [1.165, 1.54) is 0 Å². The summed E-state index contributed by atoms with van der Waals surface area (Å²) in [5.41, 5.74) is 11.6. The maximum atomic E-state index is 9.54. The third-order valence-corrected chi connectivity index (χ3v) is 9.22. The van der Waals surface area contributed by atoms with Crippen LogP contribution in [0, 0.1) is 11.3 Å². The zero-order chi connectivity index (χ0) is 32.7. The van der Waals surface area contributed by atoms with E-state index in [2.05, 4.69) is 105 Å². The lowest BCUT2D eigenvalue weighted by atomic mass is 9.74. The molecule has 1 aliphatic rings. The van der Waals surface area contributed by atoms with Crippen LogP contribution in [-0.2, 0) is 5.41 Å². The van der Waals surface area contributed by atoms with Crippen LogP contribution >= 0.6 is 0 Å². The number of para-hydroxylation sites is 1. The van der Waals surface area contributed by atoms with E-state index in [0.29, 0.717) is 11.4 Å². The highest BCUT2D eigenvalue weighted by molar-refractivity contribution is 5.88. The van der Waals surface area contributed by atoms with Crippen LogP contribution in [0.2, 0.25) is 0 Å². The molecule has 1 aliphatic heterocycles. The van der Waals surface area contributed by atoms with Crippen LogP contribution in [-0.4, -0.2) is 9.97 Å². The van der Waals surface area contributed by atoms with Crippen LogP contribution in [0.4, 0.5) is 0 Å². The van der Waals surface area contributed by atoms with Crippen LogP contribution < -0.4 is 4.74 Å². The summed E-state index contributed by atoms with van der Waals surface area (Å²) < 4.78 is 6.64. The van der Waals surface area contributed by atoms with Gasteiger partial charge in [-0.05, 0) is 41.0 Å². The number of aromatic nitrogens is 2. The van der Waals surface area contributed by atoms with Gasteiger partial charge in [-0.2, -0.15) is 5.26 Å². The minimum absolute atomic E-state index is 0.336. The highest BCUT2D eigenvalue weighted by Gasteiger charge is 2.36. The Hall–Kier alpha value is -6.31. The van der Waals surface area contributed by atoms with Crippen molar-refractivity contribution >= 4 is 0 Å². The molecule has 0 N–H and O–H groups in total. The molecule has 4 heteroatoms. The van der Waals surface area contributed by atoms with Crippen LogP contribution in [0.3, 0.4) is 0 Å². The molecule has 0 amide bonds. The highest BCUT2D eigenvalue weighted by Crippen LogP contribution is 2.52. The Kier molecular flexibility index (Phi) is 7.16. The van der Waals surface area contributed by atoms with Gasteiger partial charge in [0.25, 0.3) is 0 Å². The average molecular weight is 618 g/mol. The number of nitriles is 1. The molecule has 0 fully saturated rings. The molecule has 0 saturated heterocycles. The predicted octanol–water partition coefficient (Wildman–Crippen LogP) is 11.1. The van der Waals surface area contributed by atoms with E-state index in [-0.39, 0.29) is 5.41 Å². The maximum Gasteiger partial charge on any atom is 0.160 e. The molecule has 4 nitrogen and oxygen atoms in total. The second-order valence-corrected chi connectivity index (χ2v) is 12.5. The summed E-state index contributed by atoms with van der Waals surface area (Å²) >= 11 is 0. The zero-order valence-corrected chi connectivity index (χ0v) is 26.7. The summed E-state index contributed by atoms with van der Waals surface area (Å²) in [4.78, 5) is 9.95.